The largest absolute Gasteiger partial charge is 0.149 e. The summed E-state index contributed by atoms with van der Waals surface area (Å²) >= 11 is 1.88. The second-order valence-electron chi connectivity index (χ2n) is 4.13. The lowest BCUT2D eigenvalue weighted by molar-refractivity contribution is 0.682. The van der Waals surface area contributed by atoms with Crippen molar-refractivity contribution in [1.29, 1.82) is 0 Å². The van der Waals surface area contributed by atoms with E-state index in [2.05, 4.69) is 47.8 Å². The Bertz CT molecular complexity index is 375. The summed E-state index contributed by atoms with van der Waals surface area (Å²) in [4.78, 5) is 1.53. The molecule has 0 nitrogen and oxygen atoms in total. The third kappa shape index (κ3) is 3.82. The van der Waals surface area contributed by atoms with Gasteiger partial charge in [-0.3, -0.25) is 0 Å². The Morgan fingerprint density at radius 3 is 2.31 bits per heavy atom. The van der Waals surface area contributed by atoms with Crippen molar-refractivity contribution in [3.05, 3.63) is 58.3 Å². The van der Waals surface area contributed by atoms with E-state index in [9.17, 15) is 0 Å². The Kier molecular flexibility index (Phi) is 4.63. The lowest BCUT2D eigenvalue weighted by Crippen LogP contribution is -1.86. The molecule has 0 aliphatic carbocycles. The van der Waals surface area contributed by atoms with Gasteiger partial charge in [0.1, 0.15) is 0 Å². The second kappa shape index (κ2) is 6.49. The summed E-state index contributed by atoms with van der Waals surface area (Å²) in [6, 6.07) is 15.2. The van der Waals surface area contributed by atoms with Crippen LogP contribution in [-0.2, 0) is 12.8 Å². The number of aryl methyl sites for hydroxylation is 2. The van der Waals surface area contributed by atoms with Crippen molar-refractivity contribution in [2.75, 3.05) is 0 Å². The highest BCUT2D eigenvalue weighted by Gasteiger charge is 1.95. The quantitative estimate of drug-likeness (QED) is 0.631. The minimum atomic E-state index is 1.23. The second-order valence-corrected chi connectivity index (χ2v) is 5.16. The first-order chi connectivity index (χ1) is 7.95. The molecule has 2 rings (SSSR count). The van der Waals surface area contributed by atoms with E-state index in [0.29, 0.717) is 0 Å². The Morgan fingerprint density at radius 2 is 1.56 bits per heavy atom. The zero-order valence-electron chi connectivity index (χ0n) is 9.56. The Labute approximate surface area is 102 Å². The van der Waals surface area contributed by atoms with E-state index < -0.39 is 0 Å². The van der Waals surface area contributed by atoms with E-state index in [0.717, 1.165) is 0 Å². The van der Waals surface area contributed by atoms with Gasteiger partial charge in [0.05, 0.1) is 0 Å². The highest BCUT2D eigenvalue weighted by molar-refractivity contribution is 7.09. The Morgan fingerprint density at radius 1 is 0.750 bits per heavy atom. The molecule has 2 aromatic rings. The first-order valence-electron chi connectivity index (χ1n) is 6.01. The zero-order valence-corrected chi connectivity index (χ0v) is 10.4. The minimum Gasteiger partial charge on any atom is -0.149 e. The Hall–Kier alpha value is -1.08. The predicted molar refractivity (Wildman–Crippen MR) is 72.0 cm³/mol. The smallest absolute Gasteiger partial charge is 0.00452 e. The number of thiophene rings is 1. The molecule has 0 aliphatic heterocycles. The number of unbranched alkanes of at least 4 members (excludes halogenated alkanes) is 2. The van der Waals surface area contributed by atoms with Crippen LogP contribution in [-0.4, -0.2) is 0 Å². The molecule has 1 heterocycles. The molecule has 84 valence electrons. The summed E-state index contributed by atoms with van der Waals surface area (Å²) < 4.78 is 0. The predicted octanol–water partition coefficient (Wildman–Crippen LogP) is 4.70. The molecule has 0 saturated carbocycles. The lowest BCUT2D eigenvalue weighted by Gasteiger charge is -2.01. The molecule has 0 amide bonds. The molecule has 0 spiro atoms. The van der Waals surface area contributed by atoms with Gasteiger partial charge < -0.3 is 0 Å². The summed E-state index contributed by atoms with van der Waals surface area (Å²) in [5.74, 6) is 0. The highest BCUT2D eigenvalue weighted by atomic mass is 32.1. The molecule has 0 saturated heterocycles. The first-order valence-corrected chi connectivity index (χ1v) is 6.89. The third-order valence-corrected chi connectivity index (χ3v) is 3.75. The van der Waals surface area contributed by atoms with Crippen LogP contribution in [0.15, 0.2) is 47.8 Å². The van der Waals surface area contributed by atoms with Gasteiger partial charge in [-0.15, -0.1) is 11.3 Å². The third-order valence-electron chi connectivity index (χ3n) is 2.81. The van der Waals surface area contributed by atoms with Crippen LogP contribution in [0, 0.1) is 0 Å². The fourth-order valence-electron chi connectivity index (χ4n) is 1.90. The van der Waals surface area contributed by atoms with Gasteiger partial charge in [-0.1, -0.05) is 42.8 Å². The average molecular weight is 230 g/mol. The van der Waals surface area contributed by atoms with Gasteiger partial charge in [-0.2, -0.15) is 0 Å². The van der Waals surface area contributed by atoms with Crippen LogP contribution in [0.25, 0.3) is 0 Å². The van der Waals surface area contributed by atoms with Gasteiger partial charge in [-0.05, 0) is 42.7 Å². The van der Waals surface area contributed by atoms with Gasteiger partial charge >= 0.3 is 0 Å². The van der Waals surface area contributed by atoms with Crippen molar-refractivity contribution >= 4 is 11.3 Å². The zero-order chi connectivity index (χ0) is 11.1. The standard InChI is InChI=1S/C15H18S/c1-3-8-14(9-4-1)10-5-2-6-11-15-12-7-13-16-15/h1,3-4,7-9,12-13H,2,5-6,10-11H2. The number of rotatable bonds is 6. The summed E-state index contributed by atoms with van der Waals surface area (Å²) in [6.07, 6.45) is 6.47. The summed E-state index contributed by atoms with van der Waals surface area (Å²) in [5.41, 5.74) is 1.47. The first kappa shape index (κ1) is 11.4. The van der Waals surface area contributed by atoms with Crippen LogP contribution in [0.2, 0.25) is 0 Å². The van der Waals surface area contributed by atoms with E-state index in [1.54, 1.807) is 0 Å². The van der Waals surface area contributed by atoms with Crippen molar-refractivity contribution in [2.45, 2.75) is 32.1 Å². The van der Waals surface area contributed by atoms with Crippen LogP contribution in [0.3, 0.4) is 0 Å². The van der Waals surface area contributed by atoms with Crippen molar-refractivity contribution in [3.63, 3.8) is 0 Å². The monoisotopic (exact) mass is 230 g/mol. The van der Waals surface area contributed by atoms with Gasteiger partial charge in [-0.25, -0.2) is 0 Å². The van der Waals surface area contributed by atoms with Crippen LogP contribution in [0.5, 0.6) is 0 Å². The molecule has 1 aromatic heterocycles. The topological polar surface area (TPSA) is 0 Å². The molecule has 1 aromatic carbocycles. The normalized spacial score (nSPS) is 10.5. The van der Waals surface area contributed by atoms with Gasteiger partial charge in [0.25, 0.3) is 0 Å². The molecule has 0 unspecified atom stereocenters. The van der Waals surface area contributed by atoms with E-state index in [4.69, 9.17) is 0 Å². The molecule has 0 N–H and O–H groups in total. The molecule has 1 heteroatoms. The van der Waals surface area contributed by atoms with E-state index in [1.165, 1.54) is 42.5 Å². The SMILES string of the molecule is c1ccc(CCCCCc2cccs2)cc1. The van der Waals surface area contributed by atoms with Crippen molar-refractivity contribution < 1.29 is 0 Å². The van der Waals surface area contributed by atoms with Gasteiger partial charge in [0, 0.05) is 4.88 Å². The van der Waals surface area contributed by atoms with Crippen LogP contribution in [0.1, 0.15) is 29.7 Å². The fraction of sp³-hybridized carbons (Fsp3) is 0.333. The number of hydrogen-bond donors (Lipinski definition) is 0. The van der Waals surface area contributed by atoms with E-state index in [1.807, 2.05) is 11.3 Å². The van der Waals surface area contributed by atoms with Crippen molar-refractivity contribution in [2.24, 2.45) is 0 Å². The van der Waals surface area contributed by atoms with E-state index in [-0.39, 0.29) is 0 Å². The van der Waals surface area contributed by atoms with Gasteiger partial charge in [0.15, 0.2) is 0 Å². The molecule has 0 radical (unpaired) electrons. The summed E-state index contributed by atoms with van der Waals surface area (Å²) in [7, 11) is 0. The Balaban J connectivity index is 1.59. The van der Waals surface area contributed by atoms with Crippen molar-refractivity contribution in [1.82, 2.24) is 0 Å². The maximum absolute atomic E-state index is 2.24. The van der Waals surface area contributed by atoms with Gasteiger partial charge in [0.2, 0.25) is 0 Å². The number of hydrogen-bond acceptors (Lipinski definition) is 1. The molecule has 0 atom stereocenters. The molecule has 0 bridgehead atoms. The van der Waals surface area contributed by atoms with Crippen LogP contribution < -0.4 is 0 Å². The minimum absolute atomic E-state index is 1.23. The molecule has 0 fully saturated rings. The number of benzene rings is 1. The summed E-state index contributed by atoms with van der Waals surface area (Å²) in [5, 5.41) is 2.17. The molecule has 16 heavy (non-hydrogen) atoms. The highest BCUT2D eigenvalue weighted by Crippen LogP contribution is 2.13. The van der Waals surface area contributed by atoms with Crippen LogP contribution >= 0.6 is 11.3 Å². The summed E-state index contributed by atoms with van der Waals surface area (Å²) in [6.45, 7) is 0. The average Bonchev–Trinajstić information content (AvgIpc) is 2.83. The molecule has 0 aliphatic rings. The molecular formula is C15H18S. The van der Waals surface area contributed by atoms with Crippen LogP contribution in [0.4, 0.5) is 0 Å². The maximum Gasteiger partial charge on any atom is 0.00452 e. The van der Waals surface area contributed by atoms with Crippen molar-refractivity contribution in [3.8, 4) is 0 Å². The lowest BCUT2D eigenvalue weighted by atomic mass is 10.1. The van der Waals surface area contributed by atoms with E-state index >= 15 is 0 Å². The fourth-order valence-corrected chi connectivity index (χ4v) is 2.66. The molecular weight excluding hydrogens is 212 g/mol. The maximum atomic E-state index is 2.24.